The highest BCUT2D eigenvalue weighted by molar-refractivity contribution is 7.74. The molecule has 0 bridgehead atoms. The zero-order valence-corrected chi connectivity index (χ0v) is 22.1. The molecule has 5 aromatic carbocycles. The molecule has 38 heavy (non-hydrogen) atoms. The van der Waals surface area contributed by atoms with Crippen LogP contribution in [-0.2, 0) is 6.18 Å². The summed E-state index contributed by atoms with van der Waals surface area (Å²) in [6, 6.07) is 43.5. The molecule has 190 valence electrons. The van der Waals surface area contributed by atoms with Gasteiger partial charge in [0.1, 0.15) is 0 Å². The largest absolute Gasteiger partial charge is 0.416 e. The Bertz CT molecular complexity index is 1270. The number of hydrogen-bond acceptors (Lipinski definition) is 2. The smallest absolute Gasteiger partial charge is 0.357 e. The molecule has 2 nitrogen and oxygen atoms in total. The van der Waals surface area contributed by atoms with Gasteiger partial charge in [-0.15, -0.1) is 0 Å². The van der Waals surface area contributed by atoms with Crippen LogP contribution in [0.25, 0.3) is 0 Å². The summed E-state index contributed by atoms with van der Waals surface area (Å²) >= 11 is 0. The molecule has 0 aliphatic carbocycles. The van der Waals surface area contributed by atoms with Crippen LogP contribution in [0.4, 0.5) is 24.5 Å². The first-order valence-corrected chi connectivity index (χ1v) is 14.7. The number of hydrogen-bond donors (Lipinski definition) is 2. The number of alkyl halides is 3. The fourth-order valence-corrected chi connectivity index (χ4v) is 7.81. The van der Waals surface area contributed by atoms with Gasteiger partial charge in [-0.2, -0.15) is 13.2 Å². The van der Waals surface area contributed by atoms with Crippen LogP contribution in [0.2, 0.25) is 0 Å². The van der Waals surface area contributed by atoms with E-state index in [-0.39, 0.29) is 0 Å². The van der Waals surface area contributed by atoms with Gasteiger partial charge in [0, 0.05) is 32.6 Å². The van der Waals surface area contributed by atoms with E-state index in [2.05, 4.69) is 10.2 Å². The lowest BCUT2D eigenvalue weighted by Gasteiger charge is -2.24. The van der Waals surface area contributed by atoms with Crippen LogP contribution in [0.15, 0.2) is 140 Å². The number of nitrogens with one attached hydrogen (secondary N) is 2. The Hall–Kier alpha value is -3.65. The third-order valence-electron chi connectivity index (χ3n) is 5.80. The highest BCUT2D eigenvalue weighted by Crippen LogP contribution is 2.42. The molecular weight excluding hydrogens is 519 g/mol. The van der Waals surface area contributed by atoms with E-state index < -0.39 is 27.9 Å². The van der Waals surface area contributed by atoms with Crippen molar-refractivity contribution in [1.82, 2.24) is 0 Å². The lowest BCUT2D eigenvalue weighted by Crippen LogP contribution is -2.18. The first-order chi connectivity index (χ1) is 18.5. The van der Waals surface area contributed by atoms with E-state index in [9.17, 15) is 13.2 Å². The van der Waals surface area contributed by atoms with Gasteiger partial charge in [-0.1, -0.05) is 121 Å². The van der Waals surface area contributed by atoms with E-state index in [4.69, 9.17) is 0 Å². The molecule has 7 heteroatoms. The van der Waals surface area contributed by atoms with Gasteiger partial charge in [0.2, 0.25) is 0 Å². The average molecular weight is 544 g/mol. The van der Waals surface area contributed by atoms with E-state index in [0.717, 1.165) is 21.2 Å². The maximum absolute atomic E-state index is 14.1. The Morgan fingerprint density at radius 1 is 0.421 bits per heavy atom. The maximum Gasteiger partial charge on any atom is 0.416 e. The van der Waals surface area contributed by atoms with Crippen molar-refractivity contribution < 1.29 is 13.2 Å². The summed E-state index contributed by atoms with van der Waals surface area (Å²) in [4.78, 5) is 0. The molecule has 0 spiro atoms. The predicted molar refractivity (Wildman–Crippen MR) is 157 cm³/mol. The van der Waals surface area contributed by atoms with Crippen LogP contribution in [0.3, 0.4) is 0 Å². The van der Waals surface area contributed by atoms with E-state index >= 15 is 0 Å². The zero-order valence-electron chi connectivity index (χ0n) is 20.3. The Balaban J connectivity index is 1.56. The predicted octanol–water partition coefficient (Wildman–Crippen LogP) is 7.63. The number of anilines is 2. The molecule has 0 aliphatic heterocycles. The molecule has 2 N–H and O–H groups in total. The SMILES string of the molecule is FC(F)(F)c1cc(NP(c2ccccc2)c2ccccc2)cc(NP(c2ccccc2)c2ccccc2)c1. The molecular formula is C31H25F3N2P2. The fourth-order valence-electron chi connectivity index (χ4n) is 4.04. The highest BCUT2D eigenvalue weighted by atomic mass is 31.1. The van der Waals surface area contributed by atoms with Crippen molar-refractivity contribution in [3.05, 3.63) is 145 Å². The molecule has 0 fully saturated rings. The molecule has 0 heterocycles. The highest BCUT2D eigenvalue weighted by Gasteiger charge is 2.32. The Morgan fingerprint density at radius 3 is 0.974 bits per heavy atom. The lowest BCUT2D eigenvalue weighted by atomic mass is 10.2. The van der Waals surface area contributed by atoms with Gasteiger partial charge in [0.15, 0.2) is 0 Å². The van der Waals surface area contributed by atoms with Gasteiger partial charge in [0.25, 0.3) is 0 Å². The average Bonchev–Trinajstić information content (AvgIpc) is 2.96. The van der Waals surface area contributed by atoms with Crippen LogP contribution in [0.1, 0.15) is 5.56 Å². The van der Waals surface area contributed by atoms with Crippen LogP contribution in [0.5, 0.6) is 0 Å². The molecule has 0 unspecified atom stereocenters. The molecule has 5 rings (SSSR count). The van der Waals surface area contributed by atoms with Gasteiger partial charge in [-0.25, -0.2) is 0 Å². The third kappa shape index (κ3) is 6.42. The van der Waals surface area contributed by atoms with Crippen molar-refractivity contribution in [3.8, 4) is 0 Å². The molecule has 0 saturated heterocycles. The van der Waals surface area contributed by atoms with Crippen LogP contribution in [-0.4, -0.2) is 0 Å². The quantitative estimate of drug-likeness (QED) is 0.196. The minimum absolute atomic E-state index is 0.414. The standard InChI is InChI=1S/C31H25F3N2P2/c32-31(33,34)24-21-25(35-37(27-13-5-1-6-14-27)28-15-7-2-8-16-28)23-26(22-24)36-38(29-17-9-3-10-18-29)30-19-11-4-12-20-30/h1-23,35-36H. The summed E-state index contributed by atoms with van der Waals surface area (Å²) in [7, 11) is -2.27. The molecule has 0 aromatic heterocycles. The summed E-state index contributed by atoms with van der Waals surface area (Å²) in [5.41, 5.74) is 0.131. The normalized spacial score (nSPS) is 11.5. The zero-order chi connectivity index (χ0) is 26.4. The van der Waals surface area contributed by atoms with Gasteiger partial charge in [-0.05, 0) is 18.2 Å². The van der Waals surface area contributed by atoms with Crippen LogP contribution in [0, 0.1) is 0 Å². The third-order valence-corrected chi connectivity index (χ3v) is 10.0. The van der Waals surface area contributed by atoms with E-state index in [0.29, 0.717) is 11.4 Å². The summed E-state index contributed by atoms with van der Waals surface area (Å²) < 4.78 is 42.2. The van der Waals surface area contributed by atoms with Gasteiger partial charge < -0.3 is 10.2 Å². The lowest BCUT2D eigenvalue weighted by molar-refractivity contribution is -0.137. The van der Waals surface area contributed by atoms with Gasteiger partial charge >= 0.3 is 6.18 Å². The molecule has 0 aliphatic rings. The minimum atomic E-state index is -4.49. The topological polar surface area (TPSA) is 24.1 Å². The number of rotatable bonds is 8. The number of halogens is 3. The van der Waals surface area contributed by atoms with Crippen molar-refractivity contribution in [2.75, 3.05) is 10.2 Å². The maximum atomic E-state index is 14.1. The van der Waals surface area contributed by atoms with Crippen molar-refractivity contribution in [2.45, 2.75) is 6.18 Å². The number of benzene rings is 5. The first-order valence-electron chi connectivity index (χ1n) is 12.0. The second-order valence-corrected chi connectivity index (χ2v) is 12.4. The second kappa shape index (κ2) is 11.8. The monoisotopic (exact) mass is 544 g/mol. The first kappa shape index (κ1) is 26.0. The Morgan fingerprint density at radius 2 is 0.711 bits per heavy atom. The van der Waals surface area contributed by atoms with Crippen LogP contribution >= 0.6 is 16.1 Å². The molecule has 0 saturated carbocycles. The summed E-state index contributed by atoms with van der Waals surface area (Å²) in [5, 5.41) is 11.0. The Labute approximate surface area is 223 Å². The van der Waals surface area contributed by atoms with Crippen LogP contribution < -0.4 is 31.4 Å². The summed E-state index contributed by atoms with van der Waals surface area (Å²) in [5.74, 6) is 0. The van der Waals surface area contributed by atoms with Crippen molar-refractivity contribution in [2.24, 2.45) is 0 Å². The van der Waals surface area contributed by atoms with Gasteiger partial charge in [-0.3, -0.25) is 0 Å². The van der Waals surface area contributed by atoms with E-state index in [1.54, 1.807) is 6.07 Å². The minimum Gasteiger partial charge on any atom is -0.357 e. The second-order valence-electron chi connectivity index (χ2n) is 8.53. The molecule has 0 amide bonds. The molecule has 0 atom stereocenters. The van der Waals surface area contributed by atoms with Crippen molar-refractivity contribution in [3.63, 3.8) is 0 Å². The molecule has 0 radical (unpaired) electrons. The van der Waals surface area contributed by atoms with E-state index in [1.807, 2.05) is 121 Å². The van der Waals surface area contributed by atoms with Crippen molar-refractivity contribution >= 4 is 48.7 Å². The van der Waals surface area contributed by atoms with Crippen molar-refractivity contribution in [1.29, 1.82) is 0 Å². The Kier molecular flexibility index (Phi) is 8.08. The van der Waals surface area contributed by atoms with Gasteiger partial charge in [0.05, 0.1) is 21.7 Å². The summed E-state index contributed by atoms with van der Waals surface area (Å²) in [6.45, 7) is 0. The fraction of sp³-hybridized carbons (Fsp3) is 0.0323. The van der Waals surface area contributed by atoms with E-state index in [1.165, 1.54) is 12.1 Å². The molecule has 5 aromatic rings. The summed E-state index contributed by atoms with van der Waals surface area (Å²) in [6.07, 6.45) is -4.49.